The molecule has 2 heterocycles. The van der Waals surface area contributed by atoms with E-state index < -0.39 is 11.4 Å². The highest BCUT2D eigenvalue weighted by Crippen LogP contribution is 2.32. The maximum atomic E-state index is 11.2. The standard InChI is InChI=1S/C12H20N4O3/c1-4-9-8(5-6-19-9)10-13-14-15-16(10)7-12(2,3)11(17)18/h8-9H,4-7H2,1-3H3,(H,17,18). The average molecular weight is 268 g/mol. The van der Waals surface area contributed by atoms with E-state index in [4.69, 9.17) is 4.74 Å². The van der Waals surface area contributed by atoms with Gasteiger partial charge in [0.1, 0.15) is 0 Å². The third-order valence-corrected chi connectivity index (χ3v) is 3.63. The molecule has 0 radical (unpaired) electrons. The first kappa shape index (κ1) is 13.9. The number of ether oxygens (including phenoxy) is 1. The van der Waals surface area contributed by atoms with E-state index in [1.807, 2.05) is 0 Å². The van der Waals surface area contributed by atoms with Crippen molar-refractivity contribution in [3.05, 3.63) is 5.82 Å². The number of tetrazole rings is 1. The van der Waals surface area contributed by atoms with Gasteiger partial charge in [0.2, 0.25) is 0 Å². The highest BCUT2D eigenvalue weighted by Gasteiger charge is 2.35. The number of rotatable bonds is 5. The molecule has 7 heteroatoms. The second-order valence-corrected chi connectivity index (χ2v) is 5.60. The first-order valence-electron chi connectivity index (χ1n) is 6.56. The molecule has 0 aromatic carbocycles. The van der Waals surface area contributed by atoms with Gasteiger partial charge in [-0.15, -0.1) is 5.10 Å². The van der Waals surface area contributed by atoms with Crippen LogP contribution >= 0.6 is 0 Å². The first-order chi connectivity index (χ1) is 8.95. The van der Waals surface area contributed by atoms with Crippen LogP contribution in [0.2, 0.25) is 0 Å². The van der Waals surface area contributed by atoms with Gasteiger partial charge in [-0.05, 0) is 37.1 Å². The Morgan fingerprint density at radius 2 is 2.32 bits per heavy atom. The molecule has 1 aliphatic rings. The Labute approximate surface area is 111 Å². The molecule has 0 aliphatic carbocycles. The van der Waals surface area contributed by atoms with Crippen LogP contribution in [0.3, 0.4) is 0 Å². The molecule has 0 saturated carbocycles. The molecule has 106 valence electrons. The van der Waals surface area contributed by atoms with Gasteiger partial charge < -0.3 is 9.84 Å². The number of carboxylic acid groups (broad SMARTS) is 1. The summed E-state index contributed by atoms with van der Waals surface area (Å²) in [4.78, 5) is 11.2. The Hall–Kier alpha value is -1.50. The van der Waals surface area contributed by atoms with Crippen LogP contribution in [0.5, 0.6) is 0 Å². The molecular weight excluding hydrogens is 248 g/mol. The van der Waals surface area contributed by atoms with E-state index in [0.717, 1.165) is 18.7 Å². The van der Waals surface area contributed by atoms with Gasteiger partial charge in [0.25, 0.3) is 0 Å². The molecule has 1 aromatic rings. The Morgan fingerprint density at radius 1 is 1.58 bits per heavy atom. The molecule has 1 N–H and O–H groups in total. The zero-order valence-electron chi connectivity index (χ0n) is 11.5. The smallest absolute Gasteiger partial charge is 0.310 e. The molecule has 1 aromatic heterocycles. The summed E-state index contributed by atoms with van der Waals surface area (Å²) >= 11 is 0. The van der Waals surface area contributed by atoms with E-state index in [0.29, 0.717) is 6.61 Å². The molecule has 2 rings (SSSR count). The summed E-state index contributed by atoms with van der Waals surface area (Å²) < 4.78 is 7.25. The van der Waals surface area contributed by atoms with Gasteiger partial charge in [0, 0.05) is 12.5 Å². The third-order valence-electron chi connectivity index (χ3n) is 3.63. The highest BCUT2D eigenvalue weighted by molar-refractivity contribution is 5.73. The van der Waals surface area contributed by atoms with Crippen LogP contribution in [0, 0.1) is 5.41 Å². The molecule has 0 bridgehead atoms. The molecular formula is C12H20N4O3. The van der Waals surface area contributed by atoms with Crippen LogP contribution in [-0.4, -0.2) is 44.0 Å². The van der Waals surface area contributed by atoms with E-state index in [1.54, 1.807) is 18.5 Å². The molecule has 0 spiro atoms. The van der Waals surface area contributed by atoms with Crippen molar-refractivity contribution in [1.82, 2.24) is 20.2 Å². The fraction of sp³-hybridized carbons (Fsp3) is 0.833. The lowest BCUT2D eigenvalue weighted by molar-refractivity contribution is -0.147. The lowest BCUT2D eigenvalue weighted by Gasteiger charge is -2.21. The summed E-state index contributed by atoms with van der Waals surface area (Å²) in [6.45, 7) is 6.38. The number of nitrogens with zero attached hydrogens (tertiary/aromatic N) is 4. The van der Waals surface area contributed by atoms with Crippen molar-refractivity contribution in [3.63, 3.8) is 0 Å². The SMILES string of the molecule is CCC1OCCC1c1nnnn1CC(C)(C)C(=O)O. The van der Waals surface area contributed by atoms with E-state index in [1.165, 1.54) is 0 Å². The van der Waals surface area contributed by atoms with Gasteiger partial charge in [-0.2, -0.15) is 0 Å². The summed E-state index contributed by atoms with van der Waals surface area (Å²) in [6, 6.07) is 0. The van der Waals surface area contributed by atoms with Gasteiger partial charge in [-0.3, -0.25) is 4.79 Å². The van der Waals surface area contributed by atoms with Gasteiger partial charge in [-0.1, -0.05) is 6.92 Å². The summed E-state index contributed by atoms with van der Waals surface area (Å²) in [7, 11) is 0. The number of hydrogen-bond donors (Lipinski definition) is 1. The predicted molar refractivity (Wildman–Crippen MR) is 66.6 cm³/mol. The van der Waals surface area contributed by atoms with E-state index in [2.05, 4.69) is 22.4 Å². The fourth-order valence-electron chi connectivity index (χ4n) is 2.38. The lowest BCUT2D eigenvalue weighted by Crippen LogP contribution is -2.31. The van der Waals surface area contributed by atoms with Crippen LogP contribution in [0.25, 0.3) is 0 Å². The number of aromatic nitrogens is 4. The molecule has 0 amide bonds. The third kappa shape index (κ3) is 2.75. The molecule has 7 nitrogen and oxygen atoms in total. The Balaban J connectivity index is 2.20. The minimum absolute atomic E-state index is 0.123. The average Bonchev–Trinajstić information content (AvgIpc) is 2.95. The predicted octanol–water partition coefficient (Wildman–Crippen LogP) is 1.07. The minimum Gasteiger partial charge on any atom is -0.481 e. The maximum absolute atomic E-state index is 11.2. The van der Waals surface area contributed by atoms with Crippen molar-refractivity contribution in [3.8, 4) is 0 Å². The quantitative estimate of drug-likeness (QED) is 0.859. The topological polar surface area (TPSA) is 90.1 Å². The number of hydrogen-bond acceptors (Lipinski definition) is 5. The fourth-order valence-corrected chi connectivity index (χ4v) is 2.38. The first-order valence-corrected chi connectivity index (χ1v) is 6.56. The van der Waals surface area contributed by atoms with Crippen LogP contribution in [0.15, 0.2) is 0 Å². The van der Waals surface area contributed by atoms with Crippen molar-refractivity contribution in [2.24, 2.45) is 5.41 Å². The molecule has 1 fully saturated rings. The zero-order valence-corrected chi connectivity index (χ0v) is 11.5. The molecule has 19 heavy (non-hydrogen) atoms. The van der Waals surface area contributed by atoms with Crippen molar-refractivity contribution < 1.29 is 14.6 Å². The zero-order chi connectivity index (χ0) is 14.0. The molecule has 2 atom stereocenters. The summed E-state index contributed by atoms with van der Waals surface area (Å²) in [5.74, 6) is 0.0342. The van der Waals surface area contributed by atoms with Crippen molar-refractivity contribution in [2.45, 2.75) is 52.2 Å². The monoisotopic (exact) mass is 268 g/mol. The summed E-state index contributed by atoms with van der Waals surface area (Å²) in [5, 5.41) is 20.9. The van der Waals surface area contributed by atoms with E-state index >= 15 is 0 Å². The molecule has 2 unspecified atom stereocenters. The van der Waals surface area contributed by atoms with Crippen molar-refractivity contribution in [1.29, 1.82) is 0 Å². The number of aliphatic carboxylic acids is 1. The Morgan fingerprint density at radius 3 is 2.95 bits per heavy atom. The van der Waals surface area contributed by atoms with Gasteiger partial charge >= 0.3 is 5.97 Å². The largest absolute Gasteiger partial charge is 0.481 e. The lowest BCUT2D eigenvalue weighted by atomic mass is 9.93. The van der Waals surface area contributed by atoms with Gasteiger partial charge in [-0.25, -0.2) is 4.68 Å². The van der Waals surface area contributed by atoms with Gasteiger partial charge in [0.05, 0.1) is 18.1 Å². The number of carboxylic acids is 1. The maximum Gasteiger partial charge on any atom is 0.310 e. The molecule has 1 aliphatic heterocycles. The second kappa shape index (κ2) is 5.24. The van der Waals surface area contributed by atoms with Crippen LogP contribution < -0.4 is 0 Å². The molecule has 1 saturated heterocycles. The van der Waals surface area contributed by atoms with Crippen molar-refractivity contribution >= 4 is 5.97 Å². The van der Waals surface area contributed by atoms with Gasteiger partial charge in [0.15, 0.2) is 5.82 Å². The minimum atomic E-state index is -0.898. The van der Waals surface area contributed by atoms with Crippen LogP contribution in [0.1, 0.15) is 45.4 Å². The van der Waals surface area contributed by atoms with Crippen molar-refractivity contribution in [2.75, 3.05) is 6.61 Å². The van der Waals surface area contributed by atoms with E-state index in [9.17, 15) is 9.90 Å². The second-order valence-electron chi connectivity index (χ2n) is 5.60. The van der Waals surface area contributed by atoms with E-state index in [-0.39, 0.29) is 18.6 Å². The number of carbonyl (C=O) groups is 1. The summed E-state index contributed by atoms with van der Waals surface area (Å²) in [6.07, 6.45) is 1.91. The normalized spacial score (nSPS) is 23.7. The van der Waals surface area contributed by atoms with Crippen LogP contribution in [0.4, 0.5) is 0 Å². The summed E-state index contributed by atoms with van der Waals surface area (Å²) in [5.41, 5.74) is -0.898. The Bertz CT molecular complexity index is 458. The highest BCUT2D eigenvalue weighted by atomic mass is 16.5. The Kier molecular flexibility index (Phi) is 3.84. The van der Waals surface area contributed by atoms with Crippen LogP contribution in [-0.2, 0) is 16.1 Å².